The monoisotopic (exact) mass is 368 g/mol. The molecule has 0 aliphatic carbocycles. The van der Waals surface area contributed by atoms with Gasteiger partial charge >= 0.3 is 0 Å². The summed E-state index contributed by atoms with van der Waals surface area (Å²) in [7, 11) is -3.90. The molecule has 0 saturated heterocycles. The summed E-state index contributed by atoms with van der Waals surface area (Å²) in [5, 5.41) is 4.35. The van der Waals surface area contributed by atoms with Crippen molar-refractivity contribution in [2.75, 3.05) is 4.72 Å². The Morgan fingerprint density at radius 3 is 2.50 bits per heavy atom. The van der Waals surface area contributed by atoms with Gasteiger partial charge in [0.1, 0.15) is 11.3 Å². The van der Waals surface area contributed by atoms with Gasteiger partial charge in [-0.2, -0.15) is 5.10 Å². The lowest BCUT2D eigenvalue weighted by molar-refractivity contribution is 0.601. The van der Waals surface area contributed by atoms with E-state index < -0.39 is 15.8 Å². The maximum atomic E-state index is 13.9. The van der Waals surface area contributed by atoms with E-state index in [0.29, 0.717) is 5.69 Å². The van der Waals surface area contributed by atoms with Gasteiger partial charge in [-0.15, -0.1) is 0 Å². The van der Waals surface area contributed by atoms with Crippen molar-refractivity contribution in [1.29, 1.82) is 0 Å². The molecule has 0 radical (unpaired) electrons. The highest BCUT2D eigenvalue weighted by Gasteiger charge is 2.19. The third-order valence-electron chi connectivity index (χ3n) is 3.86. The van der Waals surface area contributed by atoms with E-state index in [0.717, 1.165) is 11.8 Å². The van der Waals surface area contributed by atoms with Crippen molar-refractivity contribution in [2.24, 2.45) is 0 Å². The highest BCUT2D eigenvalue weighted by molar-refractivity contribution is 7.93. The fourth-order valence-electron chi connectivity index (χ4n) is 2.66. The van der Waals surface area contributed by atoms with Gasteiger partial charge in [0.05, 0.1) is 10.6 Å². The zero-order chi connectivity index (χ0) is 18.1. The highest BCUT2D eigenvalue weighted by atomic mass is 32.2. The quantitative estimate of drug-likeness (QED) is 0.599. The number of anilines is 1. The topological polar surface area (TPSA) is 76.9 Å². The van der Waals surface area contributed by atoms with Crippen molar-refractivity contribution in [2.45, 2.75) is 4.90 Å². The summed E-state index contributed by atoms with van der Waals surface area (Å²) < 4.78 is 43.6. The molecule has 6 nitrogen and oxygen atoms in total. The van der Waals surface area contributed by atoms with Gasteiger partial charge < -0.3 is 0 Å². The van der Waals surface area contributed by atoms with Gasteiger partial charge in [-0.25, -0.2) is 17.5 Å². The lowest BCUT2D eigenvalue weighted by Gasteiger charge is -2.11. The fraction of sp³-hybridized carbons (Fsp3) is 0. The first-order chi connectivity index (χ1) is 12.5. The summed E-state index contributed by atoms with van der Waals surface area (Å²) >= 11 is 0. The molecule has 0 unspecified atom stereocenters. The van der Waals surface area contributed by atoms with Crippen LogP contribution in [0.15, 0.2) is 78.1 Å². The summed E-state index contributed by atoms with van der Waals surface area (Å²) in [6, 6.07) is 14.0. The van der Waals surface area contributed by atoms with Crippen LogP contribution >= 0.6 is 0 Å². The number of aromatic nitrogens is 3. The second-order valence-electron chi connectivity index (χ2n) is 5.55. The summed E-state index contributed by atoms with van der Waals surface area (Å²) in [5.74, 6) is -0.567. The molecular weight excluding hydrogens is 355 g/mol. The maximum Gasteiger partial charge on any atom is 0.262 e. The van der Waals surface area contributed by atoms with Gasteiger partial charge in [0, 0.05) is 29.7 Å². The van der Waals surface area contributed by atoms with Crippen LogP contribution < -0.4 is 4.72 Å². The van der Waals surface area contributed by atoms with Gasteiger partial charge in [-0.05, 0) is 54.6 Å². The Morgan fingerprint density at radius 2 is 1.77 bits per heavy atom. The molecule has 2 heterocycles. The Hall–Kier alpha value is -3.26. The molecule has 4 aromatic rings. The number of hydrogen-bond donors (Lipinski definition) is 1. The Morgan fingerprint density at radius 1 is 0.962 bits per heavy atom. The molecular formula is C18H13FN4O2S. The van der Waals surface area contributed by atoms with E-state index >= 15 is 0 Å². The van der Waals surface area contributed by atoms with Gasteiger partial charge in [0.25, 0.3) is 10.0 Å². The third-order valence-corrected chi connectivity index (χ3v) is 5.30. The zero-order valence-corrected chi connectivity index (χ0v) is 14.2. The lowest BCUT2D eigenvalue weighted by Crippen LogP contribution is -2.13. The van der Waals surface area contributed by atoms with Crippen molar-refractivity contribution < 1.29 is 12.8 Å². The Labute approximate surface area is 149 Å². The van der Waals surface area contributed by atoms with E-state index in [9.17, 15) is 12.8 Å². The lowest BCUT2D eigenvalue weighted by atomic mass is 10.2. The van der Waals surface area contributed by atoms with Crippen LogP contribution in [0.4, 0.5) is 10.1 Å². The molecule has 2 aromatic heterocycles. The van der Waals surface area contributed by atoms with Gasteiger partial charge in [-0.3, -0.25) is 9.71 Å². The number of nitrogens with one attached hydrogen (secondary N) is 1. The predicted octanol–water partition coefficient (Wildman–Crippen LogP) is 3.36. The average molecular weight is 368 g/mol. The molecule has 0 aliphatic rings. The van der Waals surface area contributed by atoms with Crippen molar-refractivity contribution in [3.63, 3.8) is 0 Å². The van der Waals surface area contributed by atoms with Crippen molar-refractivity contribution in [3.05, 3.63) is 79.0 Å². The van der Waals surface area contributed by atoms with Gasteiger partial charge in [0.2, 0.25) is 0 Å². The second kappa shape index (κ2) is 6.23. The van der Waals surface area contributed by atoms with Crippen LogP contribution in [0.2, 0.25) is 0 Å². The van der Waals surface area contributed by atoms with Crippen molar-refractivity contribution in [1.82, 2.24) is 14.8 Å². The Kier molecular flexibility index (Phi) is 3.89. The number of hydrogen-bond acceptors (Lipinski definition) is 4. The molecule has 4 rings (SSSR count). The van der Waals surface area contributed by atoms with Crippen LogP contribution in [-0.2, 0) is 10.0 Å². The zero-order valence-electron chi connectivity index (χ0n) is 13.4. The highest BCUT2D eigenvalue weighted by Crippen LogP contribution is 2.26. The summed E-state index contributed by atoms with van der Waals surface area (Å²) in [6.45, 7) is 0. The molecule has 0 aliphatic heterocycles. The number of benzene rings is 2. The number of rotatable bonds is 4. The van der Waals surface area contributed by atoms with Crippen LogP contribution in [0.25, 0.3) is 16.6 Å². The molecule has 0 spiro atoms. The second-order valence-corrected chi connectivity index (χ2v) is 7.20. The summed E-state index contributed by atoms with van der Waals surface area (Å²) in [4.78, 5) is 3.90. The minimum Gasteiger partial charge on any atom is -0.280 e. The predicted molar refractivity (Wildman–Crippen MR) is 96.1 cm³/mol. The van der Waals surface area contributed by atoms with E-state index in [1.807, 2.05) is 0 Å². The fourth-order valence-corrected chi connectivity index (χ4v) is 3.92. The van der Waals surface area contributed by atoms with Crippen LogP contribution in [0.3, 0.4) is 0 Å². The van der Waals surface area contributed by atoms with Crippen LogP contribution in [0.1, 0.15) is 0 Å². The molecule has 26 heavy (non-hydrogen) atoms. The Balaban J connectivity index is 1.69. The first-order valence-electron chi connectivity index (χ1n) is 7.71. The van der Waals surface area contributed by atoms with E-state index in [-0.39, 0.29) is 15.8 Å². The molecule has 0 atom stereocenters. The normalized spacial score (nSPS) is 11.6. The molecule has 0 bridgehead atoms. The molecule has 1 N–H and O–H groups in total. The molecule has 0 amide bonds. The maximum absolute atomic E-state index is 13.9. The van der Waals surface area contributed by atoms with E-state index in [1.54, 1.807) is 53.5 Å². The number of pyridine rings is 1. The first-order valence-corrected chi connectivity index (χ1v) is 9.19. The standard InChI is InChI=1S/C18H13FN4O2S/c19-16-8-9-17(15-3-1-10-20-18(15)16)26(24,25)22-13-4-6-14(7-5-13)23-12-2-11-21-23/h1-12,22H. The van der Waals surface area contributed by atoms with Gasteiger partial charge in [0.15, 0.2) is 0 Å². The van der Waals surface area contributed by atoms with Crippen molar-refractivity contribution >= 4 is 26.6 Å². The number of fused-ring (bicyclic) bond motifs is 1. The molecule has 8 heteroatoms. The largest absolute Gasteiger partial charge is 0.280 e. The number of nitrogens with zero attached hydrogens (tertiary/aromatic N) is 3. The number of sulfonamides is 1. The summed E-state index contributed by atoms with van der Waals surface area (Å²) in [6.07, 6.45) is 4.87. The average Bonchev–Trinajstić information content (AvgIpc) is 3.17. The third kappa shape index (κ3) is 2.91. The van der Waals surface area contributed by atoms with Crippen LogP contribution in [0.5, 0.6) is 0 Å². The van der Waals surface area contributed by atoms with E-state index in [1.165, 1.54) is 18.3 Å². The molecule has 130 valence electrons. The summed E-state index contributed by atoms with van der Waals surface area (Å²) in [5.41, 5.74) is 1.21. The molecule has 2 aromatic carbocycles. The number of halogens is 1. The molecule has 0 saturated carbocycles. The van der Waals surface area contributed by atoms with Crippen LogP contribution in [0, 0.1) is 5.82 Å². The van der Waals surface area contributed by atoms with E-state index in [2.05, 4.69) is 14.8 Å². The SMILES string of the molecule is O=S(=O)(Nc1ccc(-n2cccn2)cc1)c1ccc(F)c2ncccc12. The van der Waals surface area contributed by atoms with E-state index in [4.69, 9.17) is 0 Å². The minimum atomic E-state index is -3.90. The Bertz CT molecular complexity index is 1170. The first kappa shape index (κ1) is 16.2. The van der Waals surface area contributed by atoms with Crippen molar-refractivity contribution in [3.8, 4) is 5.69 Å². The van der Waals surface area contributed by atoms with Crippen LogP contribution in [-0.4, -0.2) is 23.2 Å². The van der Waals surface area contributed by atoms with Gasteiger partial charge in [-0.1, -0.05) is 0 Å². The smallest absolute Gasteiger partial charge is 0.262 e. The minimum absolute atomic E-state index is 0.0180. The molecule has 0 fully saturated rings.